The van der Waals surface area contributed by atoms with Gasteiger partial charge in [-0.15, -0.1) is 0 Å². The minimum atomic E-state index is 0.286. The molecule has 0 fully saturated rings. The van der Waals surface area contributed by atoms with E-state index >= 15 is 0 Å². The first-order valence-electron chi connectivity index (χ1n) is 8.34. The Morgan fingerprint density at radius 1 is 1.20 bits per heavy atom. The molecule has 1 aromatic heterocycles. The number of nitriles is 1. The molecule has 0 saturated carbocycles. The van der Waals surface area contributed by atoms with Crippen LogP contribution < -0.4 is 20.5 Å². The fraction of sp³-hybridized carbons (Fsp3) is 0.444. The SMILES string of the molecule is COc1ccc(CNCCCCCc2[nH]nc(N)c2C#N)cc1OC. The van der Waals surface area contributed by atoms with E-state index in [0.717, 1.165) is 61.5 Å². The molecule has 0 aliphatic carbocycles. The molecule has 0 spiro atoms. The van der Waals surface area contributed by atoms with Crippen LogP contribution in [0.3, 0.4) is 0 Å². The quantitative estimate of drug-likeness (QED) is 0.572. The van der Waals surface area contributed by atoms with Gasteiger partial charge in [-0.25, -0.2) is 0 Å². The maximum Gasteiger partial charge on any atom is 0.163 e. The van der Waals surface area contributed by atoms with Gasteiger partial charge < -0.3 is 20.5 Å². The molecular formula is C18H25N5O2. The van der Waals surface area contributed by atoms with Crippen molar-refractivity contribution in [2.45, 2.75) is 32.2 Å². The molecule has 1 heterocycles. The van der Waals surface area contributed by atoms with E-state index in [4.69, 9.17) is 20.5 Å². The zero-order valence-electron chi connectivity index (χ0n) is 14.8. The molecule has 0 aliphatic rings. The van der Waals surface area contributed by atoms with E-state index in [1.54, 1.807) is 14.2 Å². The van der Waals surface area contributed by atoms with Crippen molar-refractivity contribution in [2.24, 2.45) is 0 Å². The first-order chi connectivity index (χ1) is 12.2. The maximum atomic E-state index is 9.02. The molecule has 0 aliphatic heterocycles. The van der Waals surface area contributed by atoms with Crippen molar-refractivity contribution in [1.29, 1.82) is 5.26 Å². The fourth-order valence-electron chi connectivity index (χ4n) is 2.65. The molecule has 0 radical (unpaired) electrons. The monoisotopic (exact) mass is 343 g/mol. The van der Waals surface area contributed by atoms with Gasteiger partial charge in [0.2, 0.25) is 0 Å². The Kier molecular flexibility index (Phi) is 7.11. The number of H-pyrrole nitrogens is 1. The lowest BCUT2D eigenvalue weighted by Gasteiger charge is -2.10. The Morgan fingerprint density at radius 2 is 2.00 bits per heavy atom. The van der Waals surface area contributed by atoms with Gasteiger partial charge in [0, 0.05) is 6.54 Å². The Labute approximate surface area is 148 Å². The van der Waals surface area contributed by atoms with Crippen molar-refractivity contribution >= 4 is 5.82 Å². The van der Waals surface area contributed by atoms with Gasteiger partial charge in [-0.3, -0.25) is 5.10 Å². The second-order valence-electron chi connectivity index (χ2n) is 5.75. The van der Waals surface area contributed by atoms with E-state index < -0.39 is 0 Å². The lowest BCUT2D eigenvalue weighted by Crippen LogP contribution is -2.14. The summed E-state index contributed by atoms with van der Waals surface area (Å²) in [7, 11) is 3.27. The molecule has 2 aromatic rings. The maximum absolute atomic E-state index is 9.02. The van der Waals surface area contributed by atoms with Gasteiger partial charge in [-0.05, 0) is 43.5 Å². The summed E-state index contributed by atoms with van der Waals surface area (Å²) < 4.78 is 10.5. The molecule has 25 heavy (non-hydrogen) atoms. The lowest BCUT2D eigenvalue weighted by atomic mass is 10.1. The second-order valence-corrected chi connectivity index (χ2v) is 5.75. The zero-order chi connectivity index (χ0) is 18.1. The average Bonchev–Trinajstić information content (AvgIpc) is 3.00. The van der Waals surface area contributed by atoms with E-state index in [-0.39, 0.29) is 5.82 Å². The molecule has 1 aromatic carbocycles. The van der Waals surface area contributed by atoms with Crippen LogP contribution in [0.25, 0.3) is 0 Å². The first kappa shape index (κ1) is 18.6. The van der Waals surface area contributed by atoms with E-state index in [1.165, 1.54) is 0 Å². The number of nitrogens with one attached hydrogen (secondary N) is 2. The number of methoxy groups -OCH3 is 2. The molecule has 0 bridgehead atoms. The third-order valence-electron chi connectivity index (χ3n) is 4.04. The lowest BCUT2D eigenvalue weighted by molar-refractivity contribution is 0.354. The summed E-state index contributed by atoms with van der Waals surface area (Å²) in [6, 6.07) is 8.02. The number of nitrogens with two attached hydrogens (primary N) is 1. The van der Waals surface area contributed by atoms with Crippen LogP contribution in [0, 0.1) is 11.3 Å². The summed E-state index contributed by atoms with van der Waals surface area (Å²) in [4.78, 5) is 0. The van der Waals surface area contributed by atoms with Crippen LogP contribution in [0.1, 0.15) is 36.1 Å². The van der Waals surface area contributed by atoms with E-state index in [1.807, 2.05) is 18.2 Å². The van der Waals surface area contributed by atoms with Crippen molar-refractivity contribution in [3.63, 3.8) is 0 Å². The number of ether oxygens (including phenoxy) is 2. The molecule has 0 atom stereocenters. The highest BCUT2D eigenvalue weighted by atomic mass is 16.5. The number of hydrogen-bond acceptors (Lipinski definition) is 6. The van der Waals surface area contributed by atoms with Crippen molar-refractivity contribution in [1.82, 2.24) is 15.5 Å². The standard InChI is InChI=1S/C18H25N5O2/c1-24-16-8-7-13(10-17(16)25-2)12-21-9-5-3-4-6-15-14(11-19)18(20)23-22-15/h7-8,10,21H,3-6,9,12H2,1-2H3,(H3,20,22,23). The molecule has 2 rings (SSSR count). The van der Waals surface area contributed by atoms with Gasteiger partial charge in [-0.2, -0.15) is 10.4 Å². The summed E-state index contributed by atoms with van der Waals surface area (Å²) in [5.41, 5.74) is 8.09. The van der Waals surface area contributed by atoms with Crippen LogP contribution in [-0.2, 0) is 13.0 Å². The third-order valence-corrected chi connectivity index (χ3v) is 4.04. The van der Waals surface area contributed by atoms with Gasteiger partial charge in [0.05, 0.1) is 19.9 Å². The number of anilines is 1. The van der Waals surface area contributed by atoms with E-state index in [9.17, 15) is 0 Å². The number of aromatic amines is 1. The van der Waals surface area contributed by atoms with Crippen molar-refractivity contribution in [3.05, 3.63) is 35.0 Å². The third kappa shape index (κ3) is 5.13. The van der Waals surface area contributed by atoms with Crippen LogP contribution in [0.4, 0.5) is 5.82 Å². The molecule has 7 heteroatoms. The number of aromatic nitrogens is 2. The molecule has 0 saturated heterocycles. The van der Waals surface area contributed by atoms with E-state index in [0.29, 0.717) is 5.56 Å². The number of aryl methyl sites for hydroxylation is 1. The highest BCUT2D eigenvalue weighted by molar-refractivity contribution is 5.50. The van der Waals surface area contributed by atoms with Gasteiger partial charge in [-0.1, -0.05) is 12.5 Å². The average molecular weight is 343 g/mol. The summed E-state index contributed by atoms with van der Waals surface area (Å²) in [6.45, 7) is 1.72. The predicted molar refractivity (Wildman–Crippen MR) is 96.5 cm³/mol. The summed E-state index contributed by atoms with van der Waals surface area (Å²) in [6.07, 6.45) is 3.93. The summed E-state index contributed by atoms with van der Waals surface area (Å²) >= 11 is 0. The molecule has 0 unspecified atom stereocenters. The van der Waals surface area contributed by atoms with Crippen LogP contribution in [0.2, 0.25) is 0 Å². The number of hydrogen-bond donors (Lipinski definition) is 3. The van der Waals surface area contributed by atoms with Gasteiger partial charge in [0.15, 0.2) is 17.3 Å². The second kappa shape index (κ2) is 9.55. The summed E-state index contributed by atoms with van der Waals surface area (Å²) in [5, 5.41) is 19.2. The number of rotatable bonds is 10. The van der Waals surface area contributed by atoms with E-state index in [2.05, 4.69) is 21.6 Å². The highest BCUT2D eigenvalue weighted by Gasteiger charge is 2.09. The smallest absolute Gasteiger partial charge is 0.163 e. The number of benzene rings is 1. The van der Waals surface area contributed by atoms with Crippen LogP contribution in [-0.4, -0.2) is 31.0 Å². The Morgan fingerprint density at radius 3 is 2.72 bits per heavy atom. The molecule has 134 valence electrons. The van der Waals surface area contributed by atoms with Crippen LogP contribution in [0.15, 0.2) is 18.2 Å². The molecule has 7 nitrogen and oxygen atoms in total. The Bertz CT molecular complexity index is 721. The van der Waals surface area contributed by atoms with Gasteiger partial charge in [0.25, 0.3) is 0 Å². The molecule has 0 amide bonds. The topological polar surface area (TPSA) is 109 Å². The number of unbranched alkanes of at least 4 members (excludes halogenated alkanes) is 2. The Balaban J connectivity index is 1.64. The van der Waals surface area contributed by atoms with Gasteiger partial charge in [0.1, 0.15) is 11.6 Å². The fourth-order valence-corrected chi connectivity index (χ4v) is 2.65. The molecule has 4 N–H and O–H groups in total. The minimum Gasteiger partial charge on any atom is -0.493 e. The molecular weight excluding hydrogens is 318 g/mol. The highest BCUT2D eigenvalue weighted by Crippen LogP contribution is 2.27. The first-order valence-corrected chi connectivity index (χ1v) is 8.34. The van der Waals surface area contributed by atoms with Crippen molar-refractivity contribution in [2.75, 3.05) is 26.5 Å². The Hall–Kier alpha value is -2.72. The summed E-state index contributed by atoms with van der Waals surface area (Å²) in [5.74, 6) is 1.77. The number of nitrogens with zero attached hydrogens (tertiary/aromatic N) is 2. The van der Waals surface area contributed by atoms with Gasteiger partial charge >= 0.3 is 0 Å². The minimum absolute atomic E-state index is 0.286. The largest absolute Gasteiger partial charge is 0.493 e. The predicted octanol–water partition coefficient (Wildman–Crippen LogP) is 2.38. The number of nitrogen functional groups attached to an aromatic ring is 1. The van der Waals surface area contributed by atoms with Crippen LogP contribution >= 0.6 is 0 Å². The van der Waals surface area contributed by atoms with Crippen LogP contribution in [0.5, 0.6) is 11.5 Å². The van der Waals surface area contributed by atoms with Crippen molar-refractivity contribution < 1.29 is 9.47 Å². The van der Waals surface area contributed by atoms with Crippen molar-refractivity contribution in [3.8, 4) is 17.6 Å². The normalized spacial score (nSPS) is 10.4. The zero-order valence-corrected chi connectivity index (χ0v) is 14.8.